The van der Waals surface area contributed by atoms with Gasteiger partial charge in [-0.25, -0.2) is 9.37 Å². The average Bonchev–Trinajstić information content (AvgIpc) is 2.85. The molecule has 0 saturated carbocycles. The van der Waals surface area contributed by atoms with Crippen LogP contribution in [-0.4, -0.2) is 22.6 Å². The van der Waals surface area contributed by atoms with Crippen molar-refractivity contribution in [3.8, 4) is 11.4 Å². The fraction of sp³-hybridized carbons (Fsp3) is 0.176. The van der Waals surface area contributed by atoms with E-state index in [1.54, 1.807) is 6.07 Å². The normalized spacial score (nSPS) is 11.1. The number of halogens is 2. The van der Waals surface area contributed by atoms with Gasteiger partial charge in [0.05, 0.1) is 23.9 Å². The van der Waals surface area contributed by atoms with E-state index < -0.39 is 11.7 Å². The molecule has 0 bridgehead atoms. The van der Waals surface area contributed by atoms with Crippen LogP contribution in [0, 0.1) is 19.7 Å². The van der Waals surface area contributed by atoms with Crippen molar-refractivity contribution >= 4 is 34.2 Å². The summed E-state index contributed by atoms with van der Waals surface area (Å²) in [6.45, 7) is 3.66. The van der Waals surface area contributed by atoms with Crippen molar-refractivity contribution in [3.63, 3.8) is 0 Å². The number of carbonyl (C=O) groups excluding carboxylic acids is 1. The van der Waals surface area contributed by atoms with E-state index in [-0.39, 0.29) is 27.4 Å². The Morgan fingerprint density at radius 2 is 2.04 bits per heavy atom. The van der Waals surface area contributed by atoms with Gasteiger partial charge in [0.25, 0.3) is 5.91 Å². The molecule has 0 aliphatic carbocycles. The molecule has 2 aromatic heterocycles. The summed E-state index contributed by atoms with van der Waals surface area (Å²) in [6.07, 6.45) is 1.29. The number of methoxy groups -OCH3 is 1. The van der Waals surface area contributed by atoms with Crippen LogP contribution in [0.3, 0.4) is 0 Å². The smallest absolute Gasteiger partial charge is 0.253 e. The second kappa shape index (κ2) is 5.93. The van der Waals surface area contributed by atoms with Gasteiger partial charge >= 0.3 is 0 Å². The quantitative estimate of drug-likeness (QED) is 0.699. The second-order valence-corrected chi connectivity index (χ2v) is 6.00. The summed E-state index contributed by atoms with van der Waals surface area (Å²) in [7, 11) is 1.54. The van der Waals surface area contributed by atoms with Crippen LogP contribution in [0.2, 0.25) is 5.15 Å². The van der Waals surface area contributed by atoms with Crippen LogP contribution in [0.25, 0.3) is 16.6 Å². The lowest BCUT2D eigenvalue weighted by atomic mass is 10.1. The number of nitrogens with zero attached hydrogens (tertiary/aromatic N) is 2. The van der Waals surface area contributed by atoms with E-state index in [4.69, 9.17) is 27.8 Å². The predicted octanol–water partition coefficient (Wildman–Crippen LogP) is 3.12. The minimum atomic E-state index is -0.778. The van der Waals surface area contributed by atoms with Crippen molar-refractivity contribution in [2.45, 2.75) is 13.8 Å². The Kier molecular flexibility index (Phi) is 4.04. The minimum Gasteiger partial charge on any atom is -0.496 e. The molecule has 130 valence electrons. The highest BCUT2D eigenvalue weighted by Gasteiger charge is 2.26. The summed E-state index contributed by atoms with van der Waals surface area (Å²) >= 11 is 5.85. The fourth-order valence-corrected chi connectivity index (χ4v) is 3.24. The Morgan fingerprint density at radius 3 is 2.64 bits per heavy atom. The van der Waals surface area contributed by atoms with E-state index in [9.17, 15) is 9.18 Å². The number of amides is 1. The monoisotopic (exact) mass is 362 g/mol. The molecule has 6 nitrogen and oxygen atoms in total. The third kappa shape index (κ3) is 2.39. The van der Waals surface area contributed by atoms with E-state index in [0.29, 0.717) is 11.4 Å². The zero-order chi connectivity index (χ0) is 18.5. The molecule has 0 radical (unpaired) electrons. The van der Waals surface area contributed by atoms with Gasteiger partial charge in [0.15, 0.2) is 11.0 Å². The number of hydrogen-bond acceptors (Lipinski definition) is 4. The number of ether oxygens (including phenoxy) is 1. The van der Waals surface area contributed by atoms with Gasteiger partial charge < -0.3 is 16.2 Å². The molecule has 25 heavy (non-hydrogen) atoms. The van der Waals surface area contributed by atoms with Crippen LogP contribution in [0.15, 0.2) is 18.3 Å². The number of aromatic nitrogens is 2. The number of rotatable bonds is 3. The van der Waals surface area contributed by atoms with Crippen LogP contribution in [-0.2, 0) is 0 Å². The number of carbonyl (C=O) groups is 1. The number of pyridine rings is 1. The van der Waals surface area contributed by atoms with E-state index in [2.05, 4.69) is 4.98 Å². The van der Waals surface area contributed by atoms with E-state index in [1.807, 2.05) is 19.9 Å². The number of nitrogen functional groups attached to an aromatic ring is 1. The van der Waals surface area contributed by atoms with Gasteiger partial charge in [-0.05, 0) is 25.5 Å². The van der Waals surface area contributed by atoms with Crippen molar-refractivity contribution in [2.75, 3.05) is 12.8 Å². The molecule has 0 aliphatic heterocycles. The highest BCUT2D eigenvalue weighted by molar-refractivity contribution is 6.30. The largest absolute Gasteiger partial charge is 0.496 e. The van der Waals surface area contributed by atoms with Gasteiger partial charge in [-0.3, -0.25) is 9.36 Å². The van der Waals surface area contributed by atoms with Gasteiger partial charge in [-0.2, -0.15) is 0 Å². The van der Waals surface area contributed by atoms with Gasteiger partial charge in [-0.15, -0.1) is 0 Å². The van der Waals surface area contributed by atoms with Crippen LogP contribution in [0.4, 0.5) is 10.2 Å². The molecule has 1 amide bonds. The third-order valence-corrected chi connectivity index (χ3v) is 4.48. The molecule has 8 heteroatoms. The first-order valence-corrected chi connectivity index (χ1v) is 7.75. The zero-order valence-electron chi connectivity index (χ0n) is 13.9. The van der Waals surface area contributed by atoms with Gasteiger partial charge in [0, 0.05) is 17.1 Å². The summed E-state index contributed by atoms with van der Waals surface area (Å²) < 4.78 is 21.6. The van der Waals surface area contributed by atoms with Crippen LogP contribution in [0.1, 0.15) is 21.5 Å². The highest BCUT2D eigenvalue weighted by atomic mass is 35.5. The van der Waals surface area contributed by atoms with E-state index >= 15 is 0 Å². The molecule has 3 aromatic rings. The lowest BCUT2D eigenvalue weighted by Crippen LogP contribution is -2.14. The summed E-state index contributed by atoms with van der Waals surface area (Å²) in [6, 6.07) is 3.62. The molecule has 0 saturated heterocycles. The number of fused-ring (bicyclic) bond motifs is 1. The number of hydrogen-bond donors (Lipinski definition) is 2. The Morgan fingerprint density at radius 1 is 1.36 bits per heavy atom. The summed E-state index contributed by atoms with van der Waals surface area (Å²) in [5, 5.41) is -0.117. The maximum Gasteiger partial charge on any atom is 0.253 e. The summed E-state index contributed by atoms with van der Waals surface area (Å²) in [5.74, 6) is -0.934. The standard InChI is InChI=1S/C17H16ClFN4O2/c1-7-4-5-10(25-3)8(2)13(7)23-14-9(6-22-15(18)12(14)19)11(16(23)20)17(21)24/h4-6H,20H2,1-3H3,(H2,21,24). The Labute approximate surface area is 148 Å². The predicted molar refractivity (Wildman–Crippen MR) is 95.0 cm³/mol. The molecular formula is C17H16ClFN4O2. The molecule has 0 fully saturated rings. The zero-order valence-corrected chi connectivity index (χ0v) is 14.6. The summed E-state index contributed by atoms with van der Waals surface area (Å²) in [4.78, 5) is 15.7. The van der Waals surface area contributed by atoms with Crippen LogP contribution in [0.5, 0.6) is 5.75 Å². The number of nitrogens with two attached hydrogens (primary N) is 2. The van der Waals surface area contributed by atoms with Crippen LogP contribution >= 0.6 is 11.6 Å². The molecule has 0 unspecified atom stereocenters. The number of primary amides is 1. The first kappa shape index (κ1) is 17.0. The molecular weight excluding hydrogens is 347 g/mol. The van der Waals surface area contributed by atoms with Gasteiger partial charge in [0.2, 0.25) is 0 Å². The van der Waals surface area contributed by atoms with E-state index in [0.717, 1.165) is 11.1 Å². The Bertz CT molecular complexity index is 1030. The number of aryl methyl sites for hydroxylation is 1. The lowest BCUT2D eigenvalue weighted by Gasteiger charge is -2.17. The molecule has 0 spiro atoms. The highest BCUT2D eigenvalue weighted by Crippen LogP contribution is 2.38. The maximum atomic E-state index is 14.8. The van der Waals surface area contributed by atoms with Crippen molar-refractivity contribution in [1.29, 1.82) is 0 Å². The molecule has 2 heterocycles. The third-order valence-electron chi connectivity index (χ3n) is 4.21. The molecule has 0 aliphatic rings. The van der Waals surface area contributed by atoms with Crippen LogP contribution < -0.4 is 16.2 Å². The topological polar surface area (TPSA) is 96.2 Å². The minimum absolute atomic E-state index is 0.000290. The molecule has 4 N–H and O–H groups in total. The van der Waals surface area contributed by atoms with E-state index in [1.165, 1.54) is 17.9 Å². The molecule has 1 aromatic carbocycles. The summed E-state index contributed by atoms with van der Waals surface area (Å²) in [5.41, 5.74) is 13.8. The SMILES string of the molecule is COc1ccc(C)c(-n2c(N)c(C(N)=O)c3cnc(Cl)c(F)c32)c1C. The Hall–Kier alpha value is -2.80. The Balaban J connectivity index is 2.57. The van der Waals surface area contributed by atoms with Gasteiger partial charge in [0.1, 0.15) is 11.6 Å². The fourth-order valence-electron chi connectivity index (χ4n) is 3.10. The van der Waals surface area contributed by atoms with Crippen molar-refractivity contribution < 1.29 is 13.9 Å². The maximum absolute atomic E-state index is 14.8. The van der Waals surface area contributed by atoms with Gasteiger partial charge in [-0.1, -0.05) is 17.7 Å². The molecule has 0 atom stereocenters. The van der Waals surface area contributed by atoms with Crippen molar-refractivity contribution in [3.05, 3.63) is 46.0 Å². The first-order valence-electron chi connectivity index (χ1n) is 7.37. The first-order chi connectivity index (χ1) is 11.8. The molecule has 3 rings (SSSR count). The lowest BCUT2D eigenvalue weighted by molar-refractivity contribution is 0.100. The number of anilines is 1. The van der Waals surface area contributed by atoms with Crippen molar-refractivity contribution in [2.24, 2.45) is 5.73 Å². The number of benzene rings is 1. The average molecular weight is 363 g/mol. The van der Waals surface area contributed by atoms with Crippen molar-refractivity contribution in [1.82, 2.24) is 9.55 Å². The second-order valence-electron chi connectivity index (χ2n) is 5.64.